The highest BCUT2D eigenvalue weighted by molar-refractivity contribution is 5.67. The molecule has 108 valence electrons. The number of amides is 1. The topological polar surface area (TPSA) is 59.6 Å². The molecule has 0 aromatic rings. The van der Waals surface area contributed by atoms with Gasteiger partial charge in [-0.05, 0) is 47.6 Å². The van der Waals surface area contributed by atoms with Crippen molar-refractivity contribution in [2.75, 3.05) is 26.2 Å². The Morgan fingerprint density at radius 1 is 1.17 bits per heavy atom. The lowest BCUT2D eigenvalue weighted by Crippen LogP contribution is -2.34. The molecule has 0 saturated heterocycles. The summed E-state index contributed by atoms with van der Waals surface area (Å²) in [4.78, 5) is 11.3. The predicted octanol–water partition coefficient (Wildman–Crippen LogP) is 1.92. The van der Waals surface area contributed by atoms with Gasteiger partial charge in [0.25, 0.3) is 0 Å². The van der Waals surface area contributed by atoms with Gasteiger partial charge in [0.15, 0.2) is 0 Å². The van der Waals surface area contributed by atoms with E-state index in [4.69, 9.17) is 9.47 Å². The van der Waals surface area contributed by atoms with Crippen LogP contribution in [0.2, 0.25) is 0 Å². The molecule has 18 heavy (non-hydrogen) atoms. The number of nitrogens with one attached hydrogen (secondary N) is 2. The number of hydrogen-bond donors (Lipinski definition) is 2. The number of alkyl carbamates (subject to hydrolysis) is 1. The lowest BCUT2D eigenvalue weighted by atomic mass is 10.2. The fourth-order valence-electron chi connectivity index (χ4n) is 1.21. The molecular formula is C13H28N2O3. The highest BCUT2D eigenvalue weighted by atomic mass is 16.6. The number of carbonyl (C=O) groups excluding carboxylic acids is 1. The van der Waals surface area contributed by atoms with Crippen molar-refractivity contribution in [2.24, 2.45) is 0 Å². The van der Waals surface area contributed by atoms with Crippen molar-refractivity contribution in [1.82, 2.24) is 10.6 Å². The predicted molar refractivity (Wildman–Crippen MR) is 72.8 cm³/mol. The van der Waals surface area contributed by atoms with Gasteiger partial charge in [0, 0.05) is 13.1 Å². The largest absolute Gasteiger partial charge is 0.444 e. The minimum atomic E-state index is -0.434. The zero-order chi connectivity index (χ0) is 14.0. The van der Waals surface area contributed by atoms with E-state index in [1.165, 1.54) is 0 Å². The fraction of sp³-hybridized carbons (Fsp3) is 0.923. The van der Waals surface area contributed by atoms with Crippen LogP contribution in [0, 0.1) is 0 Å². The molecule has 5 heteroatoms. The Labute approximate surface area is 111 Å². The molecular weight excluding hydrogens is 232 g/mol. The van der Waals surface area contributed by atoms with E-state index in [1.54, 1.807) is 0 Å². The Morgan fingerprint density at radius 2 is 1.83 bits per heavy atom. The van der Waals surface area contributed by atoms with Crippen LogP contribution < -0.4 is 10.6 Å². The van der Waals surface area contributed by atoms with Crippen LogP contribution in [-0.4, -0.2) is 44.0 Å². The Hall–Kier alpha value is -0.810. The van der Waals surface area contributed by atoms with Gasteiger partial charge in [0.2, 0.25) is 0 Å². The van der Waals surface area contributed by atoms with E-state index < -0.39 is 5.60 Å². The monoisotopic (exact) mass is 260 g/mol. The second kappa shape index (κ2) is 9.16. The summed E-state index contributed by atoms with van der Waals surface area (Å²) >= 11 is 0. The highest BCUT2D eigenvalue weighted by Crippen LogP contribution is 2.06. The molecule has 0 rings (SSSR count). The summed E-state index contributed by atoms with van der Waals surface area (Å²) in [6.45, 7) is 12.6. The first kappa shape index (κ1) is 17.2. The summed E-state index contributed by atoms with van der Waals surface area (Å²) in [7, 11) is 0. The number of hydrogen-bond acceptors (Lipinski definition) is 4. The Balaban J connectivity index is 3.28. The zero-order valence-electron chi connectivity index (χ0n) is 12.3. The third-order valence-corrected chi connectivity index (χ3v) is 1.93. The molecule has 1 amide bonds. The second-order valence-electron chi connectivity index (χ2n) is 5.45. The van der Waals surface area contributed by atoms with Crippen molar-refractivity contribution >= 4 is 6.09 Å². The van der Waals surface area contributed by atoms with Crippen molar-refractivity contribution in [3.05, 3.63) is 0 Å². The van der Waals surface area contributed by atoms with E-state index in [9.17, 15) is 4.79 Å². The van der Waals surface area contributed by atoms with Crippen LogP contribution in [-0.2, 0) is 9.47 Å². The van der Waals surface area contributed by atoms with Crippen molar-refractivity contribution in [1.29, 1.82) is 0 Å². The van der Waals surface area contributed by atoms with E-state index in [2.05, 4.69) is 10.6 Å². The second-order valence-corrected chi connectivity index (χ2v) is 5.45. The zero-order valence-corrected chi connectivity index (χ0v) is 12.3. The molecule has 0 atom stereocenters. The van der Waals surface area contributed by atoms with E-state index >= 15 is 0 Å². The maximum Gasteiger partial charge on any atom is 0.407 e. The quantitative estimate of drug-likeness (QED) is 0.655. The smallest absolute Gasteiger partial charge is 0.407 e. The third kappa shape index (κ3) is 13.3. The van der Waals surface area contributed by atoms with Crippen LogP contribution in [0.25, 0.3) is 0 Å². The summed E-state index contributed by atoms with van der Waals surface area (Å²) in [5.74, 6) is 0. The summed E-state index contributed by atoms with van der Waals surface area (Å²) in [5, 5.41) is 5.96. The molecule has 2 N–H and O–H groups in total. The highest BCUT2D eigenvalue weighted by Gasteiger charge is 2.15. The standard InChI is InChI=1S/C13H28N2O3/c1-11(2)17-10-9-14-7-6-8-15-12(16)18-13(3,4)5/h11,14H,6-10H2,1-5H3,(H,15,16). The van der Waals surface area contributed by atoms with E-state index in [1.807, 2.05) is 34.6 Å². The van der Waals surface area contributed by atoms with Crippen LogP contribution >= 0.6 is 0 Å². The molecule has 0 aromatic carbocycles. The number of carbonyl (C=O) groups is 1. The molecule has 0 bridgehead atoms. The Bertz CT molecular complexity index is 225. The molecule has 0 radical (unpaired) electrons. The summed E-state index contributed by atoms with van der Waals surface area (Å²) < 4.78 is 10.5. The molecule has 5 nitrogen and oxygen atoms in total. The van der Waals surface area contributed by atoms with Crippen molar-refractivity contribution < 1.29 is 14.3 Å². The van der Waals surface area contributed by atoms with E-state index in [0.29, 0.717) is 6.54 Å². The normalized spacial score (nSPS) is 11.7. The Morgan fingerprint density at radius 3 is 2.39 bits per heavy atom. The molecule has 0 aliphatic rings. The van der Waals surface area contributed by atoms with Crippen molar-refractivity contribution in [2.45, 2.75) is 52.7 Å². The molecule has 0 saturated carbocycles. The van der Waals surface area contributed by atoms with Gasteiger partial charge in [0.1, 0.15) is 5.60 Å². The molecule has 0 heterocycles. The van der Waals surface area contributed by atoms with E-state index in [-0.39, 0.29) is 12.2 Å². The van der Waals surface area contributed by atoms with Crippen LogP contribution in [0.1, 0.15) is 41.0 Å². The average molecular weight is 260 g/mol. The minimum absolute atomic E-state index is 0.278. The third-order valence-electron chi connectivity index (χ3n) is 1.93. The first-order valence-corrected chi connectivity index (χ1v) is 6.60. The van der Waals surface area contributed by atoms with Gasteiger partial charge in [0.05, 0.1) is 12.7 Å². The summed E-state index contributed by atoms with van der Waals surface area (Å²) in [5.41, 5.74) is -0.434. The van der Waals surface area contributed by atoms with Gasteiger partial charge in [-0.1, -0.05) is 0 Å². The van der Waals surface area contributed by atoms with Gasteiger partial charge in [-0.15, -0.1) is 0 Å². The van der Waals surface area contributed by atoms with Crippen molar-refractivity contribution in [3.63, 3.8) is 0 Å². The van der Waals surface area contributed by atoms with Gasteiger partial charge in [-0.3, -0.25) is 0 Å². The Kier molecular flexibility index (Phi) is 8.75. The molecule has 0 fully saturated rings. The fourth-order valence-corrected chi connectivity index (χ4v) is 1.21. The minimum Gasteiger partial charge on any atom is -0.444 e. The molecule has 0 aliphatic carbocycles. The van der Waals surface area contributed by atoms with Crippen LogP contribution in [0.4, 0.5) is 4.79 Å². The molecule has 0 aromatic heterocycles. The van der Waals surface area contributed by atoms with Crippen LogP contribution in [0.5, 0.6) is 0 Å². The summed E-state index contributed by atoms with van der Waals surface area (Å²) in [6.07, 6.45) is 0.798. The van der Waals surface area contributed by atoms with Crippen molar-refractivity contribution in [3.8, 4) is 0 Å². The number of ether oxygens (including phenoxy) is 2. The van der Waals surface area contributed by atoms with Gasteiger partial charge < -0.3 is 20.1 Å². The first-order valence-electron chi connectivity index (χ1n) is 6.60. The molecule has 0 spiro atoms. The lowest BCUT2D eigenvalue weighted by Gasteiger charge is -2.19. The maximum absolute atomic E-state index is 11.3. The number of rotatable bonds is 8. The van der Waals surface area contributed by atoms with Gasteiger partial charge >= 0.3 is 6.09 Å². The van der Waals surface area contributed by atoms with Crippen LogP contribution in [0.3, 0.4) is 0 Å². The summed E-state index contributed by atoms with van der Waals surface area (Å²) in [6, 6.07) is 0. The first-order chi connectivity index (χ1) is 8.31. The van der Waals surface area contributed by atoms with Gasteiger partial charge in [-0.2, -0.15) is 0 Å². The maximum atomic E-state index is 11.3. The van der Waals surface area contributed by atoms with Gasteiger partial charge in [-0.25, -0.2) is 4.79 Å². The van der Waals surface area contributed by atoms with E-state index in [0.717, 1.165) is 26.1 Å². The average Bonchev–Trinajstić information content (AvgIpc) is 2.18. The molecule has 0 unspecified atom stereocenters. The SMILES string of the molecule is CC(C)OCCNCCCNC(=O)OC(C)(C)C. The molecule has 0 aliphatic heterocycles. The van der Waals surface area contributed by atoms with Crippen LogP contribution in [0.15, 0.2) is 0 Å². The lowest BCUT2D eigenvalue weighted by molar-refractivity contribution is 0.0526.